The highest BCUT2D eigenvalue weighted by Crippen LogP contribution is 2.28. The average molecular weight is 675 g/mol. The molecule has 2 aromatic carbocycles. The molecule has 0 aliphatic rings. The molecule has 0 saturated carbocycles. The smallest absolute Gasteiger partial charge is 0.187 e. The Morgan fingerprint density at radius 2 is 1.00 bits per heavy atom. The third-order valence-electron chi connectivity index (χ3n) is 8.67. The molecule has 2 rings (SSSR count). The van der Waals surface area contributed by atoms with Crippen molar-refractivity contribution in [2.75, 3.05) is 23.8 Å². The number of benzene rings is 2. The Kier molecular flexibility index (Phi) is 24.1. The van der Waals surface area contributed by atoms with Gasteiger partial charge < -0.3 is 20.1 Å². The fourth-order valence-electron chi connectivity index (χ4n) is 5.59. The van der Waals surface area contributed by atoms with E-state index in [4.69, 9.17) is 9.47 Å². The molecule has 6 heteroatoms. The van der Waals surface area contributed by atoms with Crippen molar-refractivity contribution in [3.05, 3.63) is 72.6 Å². The Morgan fingerprint density at radius 3 is 1.59 bits per heavy atom. The van der Waals surface area contributed by atoms with E-state index in [1.165, 1.54) is 102 Å². The maximum atomic E-state index is 12.9. The van der Waals surface area contributed by atoms with Gasteiger partial charge in [-0.15, -0.1) is 0 Å². The second-order valence-corrected chi connectivity index (χ2v) is 13.1. The van der Waals surface area contributed by atoms with Crippen LogP contribution in [0, 0.1) is 0 Å². The molecule has 0 saturated heterocycles. The minimum atomic E-state index is -0.0979. The number of carbonyl (C=O) groups excluding carboxylic acids is 2. The zero-order chi connectivity index (χ0) is 35.2. The molecule has 49 heavy (non-hydrogen) atoms. The van der Waals surface area contributed by atoms with Crippen LogP contribution in [0.4, 0.5) is 11.4 Å². The monoisotopic (exact) mass is 675 g/mol. The van der Waals surface area contributed by atoms with Crippen LogP contribution in [0.25, 0.3) is 0 Å². The highest BCUT2D eigenvalue weighted by molar-refractivity contribution is 6.04. The van der Waals surface area contributed by atoms with Crippen molar-refractivity contribution in [3.8, 4) is 11.5 Å². The van der Waals surface area contributed by atoms with Crippen molar-refractivity contribution in [1.82, 2.24) is 0 Å². The lowest BCUT2D eigenvalue weighted by molar-refractivity contribution is -0.114. The first kappa shape index (κ1) is 41.6. The number of hydrogen-bond donors (Lipinski definition) is 2. The van der Waals surface area contributed by atoms with E-state index >= 15 is 0 Å². The third kappa shape index (κ3) is 20.5. The molecule has 0 fully saturated rings. The second-order valence-electron chi connectivity index (χ2n) is 13.1. The van der Waals surface area contributed by atoms with Crippen LogP contribution in [0.2, 0.25) is 0 Å². The molecule has 0 bridgehead atoms. The lowest BCUT2D eigenvalue weighted by Gasteiger charge is -2.13. The van der Waals surface area contributed by atoms with Crippen LogP contribution in [0.5, 0.6) is 11.5 Å². The third-order valence-corrected chi connectivity index (χ3v) is 8.67. The van der Waals surface area contributed by atoms with Gasteiger partial charge in [-0.05, 0) is 61.7 Å². The number of unbranched alkanes of at least 4 members (excludes halogenated alkanes) is 16. The minimum Gasteiger partial charge on any atom is -0.494 e. The van der Waals surface area contributed by atoms with E-state index in [-0.39, 0.29) is 11.6 Å². The molecule has 2 aromatic rings. The second kappa shape index (κ2) is 28.3. The lowest BCUT2D eigenvalue weighted by atomic mass is 10.1. The van der Waals surface area contributed by atoms with Crippen LogP contribution >= 0.6 is 0 Å². The van der Waals surface area contributed by atoms with Gasteiger partial charge in [-0.1, -0.05) is 124 Å². The zero-order valence-electron chi connectivity index (χ0n) is 31.0. The van der Waals surface area contributed by atoms with Crippen molar-refractivity contribution < 1.29 is 19.1 Å². The van der Waals surface area contributed by atoms with Gasteiger partial charge in [0.2, 0.25) is 0 Å². The van der Waals surface area contributed by atoms with Crippen molar-refractivity contribution in [3.63, 3.8) is 0 Å². The van der Waals surface area contributed by atoms with E-state index in [1.807, 2.05) is 30.3 Å². The number of hydrogen-bond acceptors (Lipinski definition) is 6. The molecule has 272 valence electrons. The molecule has 2 N–H and O–H groups in total. The van der Waals surface area contributed by atoms with Crippen LogP contribution in [0.3, 0.4) is 0 Å². The van der Waals surface area contributed by atoms with Crippen molar-refractivity contribution in [1.29, 1.82) is 0 Å². The van der Waals surface area contributed by atoms with Gasteiger partial charge in [-0.3, -0.25) is 9.59 Å². The summed E-state index contributed by atoms with van der Waals surface area (Å²) >= 11 is 0. The molecule has 6 nitrogen and oxygen atoms in total. The summed E-state index contributed by atoms with van der Waals surface area (Å²) in [6, 6.07) is 13.1. The minimum absolute atomic E-state index is 0.0979. The van der Waals surface area contributed by atoms with Crippen LogP contribution in [0.1, 0.15) is 160 Å². The summed E-state index contributed by atoms with van der Waals surface area (Å²) in [4.78, 5) is 25.3. The molecule has 0 atom stereocenters. The summed E-state index contributed by atoms with van der Waals surface area (Å²) in [5, 5.41) is 6.51. The van der Waals surface area contributed by atoms with E-state index in [0.717, 1.165) is 48.6 Å². The number of nitrogens with one attached hydrogen (secondary N) is 2. The quantitative estimate of drug-likeness (QED) is 0.0471. The van der Waals surface area contributed by atoms with E-state index in [9.17, 15) is 9.59 Å². The highest BCUT2D eigenvalue weighted by Gasteiger charge is 2.06. The summed E-state index contributed by atoms with van der Waals surface area (Å²) in [5.74, 6) is 1.58. The fraction of sp³-hybridized carbons (Fsp3) is 0.581. The molecular formula is C43H66N2O4. The first-order valence-corrected chi connectivity index (χ1v) is 19.5. The Hall–Kier alpha value is -3.54. The van der Waals surface area contributed by atoms with Gasteiger partial charge in [0.15, 0.2) is 11.6 Å². The summed E-state index contributed by atoms with van der Waals surface area (Å²) in [6.07, 6.45) is 30.0. The molecule has 0 amide bonds. The summed E-state index contributed by atoms with van der Waals surface area (Å²) in [5.41, 5.74) is 2.15. The first-order valence-electron chi connectivity index (χ1n) is 19.5. The van der Waals surface area contributed by atoms with Gasteiger partial charge in [-0.2, -0.15) is 0 Å². The number of ether oxygens (including phenoxy) is 2. The molecule has 0 radical (unpaired) electrons. The predicted octanol–water partition coefficient (Wildman–Crippen LogP) is 12.6. The number of rotatable bonds is 31. The van der Waals surface area contributed by atoms with Gasteiger partial charge >= 0.3 is 0 Å². The zero-order valence-corrected chi connectivity index (χ0v) is 31.0. The van der Waals surface area contributed by atoms with Gasteiger partial charge in [0, 0.05) is 36.5 Å². The molecule has 0 unspecified atom stereocenters. The van der Waals surface area contributed by atoms with Crippen LogP contribution in [0.15, 0.2) is 67.0 Å². The van der Waals surface area contributed by atoms with Gasteiger partial charge in [0.25, 0.3) is 0 Å². The number of carbonyl (C=O) groups is 2. The summed E-state index contributed by atoms with van der Waals surface area (Å²) in [6.45, 7) is 8.05. The number of anilines is 2. The van der Waals surface area contributed by atoms with Crippen LogP contribution in [-0.4, -0.2) is 24.8 Å². The largest absolute Gasteiger partial charge is 0.494 e. The van der Waals surface area contributed by atoms with Gasteiger partial charge in [-0.25, -0.2) is 0 Å². The Balaban J connectivity index is 1.91. The van der Waals surface area contributed by atoms with E-state index < -0.39 is 0 Å². The normalized spacial score (nSPS) is 11.3. The topological polar surface area (TPSA) is 76.7 Å². The molecule has 0 aromatic heterocycles. The number of ketones is 2. The summed E-state index contributed by atoms with van der Waals surface area (Å²) < 4.78 is 11.9. The molecule has 0 aliphatic heterocycles. The van der Waals surface area contributed by atoms with Crippen molar-refractivity contribution in [2.24, 2.45) is 0 Å². The van der Waals surface area contributed by atoms with E-state index in [1.54, 1.807) is 30.6 Å². The maximum Gasteiger partial charge on any atom is 0.187 e. The van der Waals surface area contributed by atoms with Crippen molar-refractivity contribution >= 4 is 22.9 Å². The SMILES string of the molecule is CCCCCCCCCC(=O)/C=C/Nc1cc(OCCCCCCCC)ccc1N/C=C/C(=O)c1ccc(OCCCCCCCC)cc1. The Labute approximate surface area is 298 Å². The lowest BCUT2D eigenvalue weighted by Crippen LogP contribution is -2.02. The van der Waals surface area contributed by atoms with Crippen molar-refractivity contribution in [2.45, 2.75) is 149 Å². The first-order chi connectivity index (χ1) is 24.1. The van der Waals surface area contributed by atoms with Gasteiger partial charge in [0.1, 0.15) is 11.5 Å². The molecule has 0 heterocycles. The van der Waals surface area contributed by atoms with Gasteiger partial charge in [0.05, 0.1) is 24.6 Å². The van der Waals surface area contributed by atoms with E-state index in [0.29, 0.717) is 25.2 Å². The Bertz CT molecular complexity index is 1200. The van der Waals surface area contributed by atoms with E-state index in [2.05, 4.69) is 31.4 Å². The molecule has 0 spiro atoms. The summed E-state index contributed by atoms with van der Waals surface area (Å²) in [7, 11) is 0. The highest BCUT2D eigenvalue weighted by atomic mass is 16.5. The molecule has 0 aliphatic carbocycles. The number of allylic oxidation sites excluding steroid dienone is 2. The molecular weight excluding hydrogens is 608 g/mol. The Morgan fingerprint density at radius 1 is 0.531 bits per heavy atom. The maximum absolute atomic E-state index is 12.9. The average Bonchev–Trinajstić information content (AvgIpc) is 3.11. The fourth-order valence-corrected chi connectivity index (χ4v) is 5.59. The predicted molar refractivity (Wildman–Crippen MR) is 208 cm³/mol. The van der Waals surface area contributed by atoms with Crippen LogP contribution < -0.4 is 20.1 Å². The standard InChI is InChI=1S/C43H66N2O4/c1-4-7-10-13-16-17-20-23-38(46)30-32-45-42-36-40(49-35-22-19-15-12-9-6-3)28-29-41(42)44-33-31-43(47)37-24-26-39(27-25-37)48-34-21-18-14-11-8-5-2/h24-33,36,44-45H,4-23,34-35H2,1-3H3/b32-30+,33-31+. The van der Waals surface area contributed by atoms with Crippen LogP contribution in [-0.2, 0) is 4.79 Å².